The summed E-state index contributed by atoms with van der Waals surface area (Å²) in [5.74, 6) is 0.893. The lowest BCUT2D eigenvalue weighted by atomic mass is 10.2. The number of thioether (sulfide) groups is 1. The maximum Gasteiger partial charge on any atom is 0.234 e. The van der Waals surface area contributed by atoms with E-state index in [1.165, 1.54) is 11.8 Å². The molecule has 0 aliphatic heterocycles. The molecule has 0 saturated heterocycles. The first-order chi connectivity index (χ1) is 14.7. The molecule has 30 heavy (non-hydrogen) atoms. The lowest BCUT2D eigenvalue weighted by molar-refractivity contribution is -0.113. The normalized spacial score (nSPS) is 10.7. The van der Waals surface area contributed by atoms with Crippen molar-refractivity contribution in [2.75, 3.05) is 11.1 Å². The number of carbonyl (C=O) groups is 1. The van der Waals surface area contributed by atoms with Crippen LogP contribution < -0.4 is 5.32 Å². The highest BCUT2D eigenvalue weighted by Crippen LogP contribution is 2.25. The average molecular weight is 416 g/mol. The Morgan fingerprint density at radius 1 is 1.03 bits per heavy atom. The van der Waals surface area contributed by atoms with Gasteiger partial charge in [0.05, 0.1) is 12.3 Å². The van der Waals surface area contributed by atoms with E-state index in [1.807, 2.05) is 66.1 Å². The maximum atomic E-state index is 12.4. The van der Waals surface area contributed by atoms with E-state index in [0.717, 1.165) is 28.2 Å². The van der Waals surface area contributed by atoms with E-state index in [1.54, 1.807) is 12.4 Å². The van der Waals surface area contributed by atoms with Crippen LogP contribution in [-0.4, -0.2) is 31.4 Å². The van der Waals surface area contributed by atoms with Gasteiger partial charge in [-0.3, -0.25) is 14.3 Å². The summed E-state index contributed by atoms with van der Waals surface area (Å²) in [6.07, 6.45) is 3.50. The van der Waals surface area contributed by atoms with E-state index in [2.05, 4.69) is 32.6 Å². The minimum Gasteiger partial charge on any atom is -0.325 e. The Bertz CT molecular complexity index is 1130. The molecule has 1 amide bonds. The number of aromatic nitrogens is 4. The van der Waals surface area contributed by atoms with Gasteiger partial charge in [0.15, 0.2) is 11.0 Å². The number of amides is 1. The molecular weight excluding hydrogens is 394 g/mol. The Morgan fingerprint density at radius 3 is 2.67 bits per heavy atom. The number of nitrogens with zero attached hydrogens (tertiary/aromatic N) is 4. The summed E-state index contributed by atoms with van der Waals surface area (Å²) in [4.78, 5) is 16.6. The molecule has 7 heteroatoms. The van der Waals surface area contributed by atoms with E-state index in [4.69, 9.17) is 0 Å². The molecule has 1 N–H and O–H groups in total. The number of aryl methyl sites for hydroxylation is 1. The van der Waals surface area contributed by atoms with Crippen LogP contribution in [0.25, 0.3) is 11.4 Å². The monoisotopic (exact) mass is 415 g/mol. The number of benzene rings is 2. The van der Waals surface area contributed by atoms with Crippen LogP contribution in [0, 0.1) is 6.92 Å². The minimum absolute atomic E-state index is 0.0808. The van der Waals surface area contributed by atoms with Gasteiger partial charge in [-0.25, -0.2) is 0 Å². The number of rotatable bonds is 7. The van der Waals surface area contributed by atoms with Crippen LogP contribution in [0.4, 0.5) is 5.69 Å². The van der Waals surface area contributed by atoms with Gasteiger partial charge in [0.2, 0.25) is 5.91 Å². The molecule has 0 aliphatic carbocycles. The van der Waals surface area contributed by atoms with Gasteiger partial charge >= 0.3 is 0 Å². The van der Waals surface area contributed by atoms with Crippen LogP contribution >= 0.6 is 11.8 Å². The quantitative estimate of drug-likeness (QED) is 0.452. The van der Waals surface area contributed by atoms with Crippen molar-refractivity contribution in [3.63, 3.8) is 0 Å². The predicted octanol–water partition coefficient (Wildman–Crippen LogP) is 4.43. The second-order valence-corrected chi connectivity index (χ2v) is 7.77. The van der Waals surface area contributed by atoms with E-state index in [0.29, 0.717) is 11.7 Å². The van der Waals surface area contributed by atoms with E-state index in [9.17, 15) is 4.79 Å². The summed E-state index contributed by atoms with van der Waals surface area (Å²) in [6, 6.07) is 21.7. The standard InChI is InChI=1S/C23H21N5OS/c1-17-7-5-11-20(13-17)25-21(29)16-30-23-27-26-22(19-10-6-12-24-14-19)28(23)15-18-8-3-2-4-9-18/h2-14H,15-16H2,1H3,(H,25,29). The maximum absolute atomic E-state index is 12.4. The van der Waals surface area contributed by atoms with Crippen molar-refractivity contribution < 1.29 is 4.79 Å². The highest BCUT2D eigenvalue weighted by molar-refractivity contribution is 7.99. The Hall–Kier alpha value is -3.45. The van der Waals surface area contributed by atoms with Gasteiger partial charge in [-0.15, -0.1) is 10.2 Å². The molecule has 2 aromatic carbocycles. The van der Waals surface area contributed by atoms with Crippen molar-refractivity contribution in [2.24, 2.45) is 0 Å². The molecule has 4 aromatic rings. The fourth-order valence-corrected chi connectivity index (χ4v) is 3.80. The third-order valence-electron chi connectivity index (χ3n) is 4.45. The molecule has 0 atom stereocenters. The molecule has 0 saturated carbocycles. The zero-order valence-corrected chi connectivity index (χ0v) is 17.3. The Balaban J connectivity index is 1.53. The van der Waals surface area contributed by atoms with Crippen molar-refractivity contribution in [3.05, 3.63) is 90.3 Å². The van der Waals surface area contributed by atoms with Crippen LogP contribution in [0.2, 0.25) is 0 Å². The molecule has 0 aliphatic rings. The zero-order chi connectivity index (χ0) is 20.8. The summed E-state index contributed by atoms with van der Waals surface area (Å²) >= 11 is 1.37. The number of carbonyl (C=O) groups excluding carboxylic acids is 1. The molecule has 0 spiro atoms. The number of anilines is 1. The Kier molecular flexibility index (Phi) is 6.20. The van der Waals surface area contributed by atoms with E-state index < -0.39 is 0 Å². The van der Waals surface area contributed by atoms with Crippen LogP contribution in [0.1, 0.15) is 11.1 Å². The van der Waals surface area contributed by atoms with Crippen molar-refractivity contribution >= 4 is 23.4 Å². The molecule has 0 radical (unpaired) electrons. The molecule has 0 bridgehead atoms. The van der Waals surface area contributed by atoms with E-state index >= 15 is 0 Å². The van der Waals surface area contributed by atoms with Gasteiger partial charge in [0.1, 0.15) is 0 Å². The highest BCUT2D eigenvalue weighted by Gasteiger charge is 2.16. The van der Waals surface area contributed by atoms with Crippen molar-refractivity contribution in [1.82, 2.24) is 19.7 Å². The van der Waals surface area contributed by atoms with Gasteiger partial charge in [-0.1, -0.05) is 54.2 Å². The molecule has 2 heterocycles. The zero-order valence-electron chi connectivity index (χ0n) is 16.5. The fourth-order valence-electron chi connectivity index (χ4n) is 3.06. The smallest absolute Gasteiger partial charge is 0.234 e. The lowest BCUT2D eigenvalue weighted by Gasteiger charge is -2.10. The first-order valence-corrected chi connectivity index (χ1v) is 10.5. The first-order valence-electron chi connectivity index (χ1n) is 9.56. The van der Waals surface area contributed by atoms with Gasteiger partial charge in [-0.2, -0.15) is 0 Å². The third-order valence-corrected chi connectivity index (χ3v) is 5.42. The molecule has 4 rings (SSSR count). The van der Waals surface area contributed by atoms with Gasteiger partial charge in [0.25, 0.3) is 0 Å². The predicted molar refractivity (Wildman–Crippen MR) is 119 cm³/mol. The molecule has 2 aromatic heterocycles. The Morgan fingerprint density at radius 2 is 1.90 bits per heavy atom. The number of hydrogen-bond acceptors (Lipinski definition) is 5. The van der Waals surface area contributed by atoms with Crippen LogP contribution in [0.15, 0.2) is 84.3 Å². The largest absolute Gasteiger partial charge is 0.325 e. The van der Waals surface area contributed by atoms with E-state index in [-0.39, 0.29) is 11.7 Å². The summed E-state index contributed by atoms with van der Waals surface area (Å²) < 4.78 is 2.02. The van der Waals surface area contributed by atoms with Crippen LogP contribution in [0.5, 0.6) is 0 Å². The van der Waals surface area contributed by atoms with Crippen molar-refractivity contribution in [3.8, 4) is 11.4 Å². The lowest BCUT2D eigenvalue weighted by Crippen LogP contribution is -2.15. The van der Waals surface area contributed by atoms with Crippen LogP contribution in [0.3, 0.4) is 0 Å². The topological polar surface area (TPSA) is 72.7 Å². The number of pyridine rings is 1. The molecule has 150 valence electrons. The summed E-state index contributed by atoms with van der Waals surface area (Å²) in [6.45, 7) is 2.61. The fraction of sp³-hybridized carbons (Fsp3) is 0.130. The van der Waals surface area contributed by atoms with Gasteiger partial charge < -0.3 is 5.32 Å². The van der Waals surface area contributed by atoms with Crippen LogP contribution in [-0.2, 0) is 11.3 Å². The summed E-state index contributed by atoms with van der Waals surface area (Å²) in [5, 5.41) is 12.4. The third kappa shape index (κ3) is 4.93. The Labute approximate surface area is 179 Å². The average Bonchev–Trinajstić information content (AvgIpc) is 3.16. The second-order valence-electron chi connectivity index (χ2n) is 6.83. The molecular formula is C23H21N5OS. The highest BCUT2D eigenvalue weighted by atomic mass is 32.2. The summed E-state index contributed by atoms with van der Waals surface area (Å²) in [5.41, 5.74) is 3.91. The van der Waals surface area contributed by atoms with Crippen molar-refractivity contribution in [2.45, 2.75) is 18.6 Å². The van der Waals surface area contributed by atoms with Gasteiger partial charge in [0, 0.05) is 23.6 Å². The SMILES string of the molecule is Cc1cccc(NC(=O)CSc2nnc(-c3cccnc3)n2Cc2ccccc2)c1. The second kappa shape index (κ2) is 9.37. The summed E-state index contributed by atoms with van der Waals surface area (Å²) in [7, 11) is 0. The van der Waals surface area contributed by atoms with Gasteiger partial charge in [-0.05, 0) is 42.3 Å². The molecule has 0 fully saturated rings. The number of hydrogen-bond donors (Lipinski definition) is 1. The minimum atomic E-state index is -0.0808. The van der Waals surface area contributed by atoms with Crippen molar-refractivity contribution in [1.29, 1.82) is 0 Å². The first kappa shape index (κ1) is 19.8. The number of nitrogens with one attached hydrogen (secondary N) is 1. The molecule has 0 unspecified atom stereocenters. The molecule has 6 nitrogen and oxygen atoms in total.